The molecule has 5 nitrogen and oxygen atoms in total. The maximum absolute atomic E-state index is 5.88. The quantitative estimate of drug-likeness (QED) is 0.832. The molecule has 0 radical (unpaired) electrons. The minimum atomic E-state index is 0.181. The van der Waals surface area contributed by atoms with Crippen molar-refractivity contribution in [3.05, 3.63) is 24.3 Å². The Hall–Kier alpha value is -1.05. The molecule has 0 fully saturated rings. The number of aromatic nitrogens is 4. The van der Waals surface area contributed by atoms with Gasteiger partial charge in [0.2, 0.25) is 0 Å². The average Bonchev–Trinajstić information content (AvgIpc) is 2.84. The first kappa shape index (κ1) is 12.4. The van der Waals surface area contributed by atoms with E-state index in [1.54, 1.807) is 0 Å². The predicted octanol–water partition coefficient (Wildman–Crippen LogP) is 1.76. The van der Waals surface area contributed by atoms with Crippen molar-refractivity contribution in [1.82, 2.24) is 19.3 Å². The van der Waals surface area contributed by atoms with E-state index in [4.69, 9.17) is 5.73 Å². The van der Waals surface area contributed by atoms with Gasteiger partial charge in [-0.15, -0.1) is 0 Å². The summed E-state index contributed by atoms with van der Waals surface area (Å²) >= 11 is 2.76. The van der Waals surface area contributed by atoms with Gasteiger partial charge in [0, 0.05) is 18.4 Å². The molecule has 0 amide bonds. The molecule has 0 saturated heterocycles. The molecular formula is C10H13N5S2. The Bertz CT molecular complexity index is 442. The lowest BCUT2D eigenvalue weighted by Crippen LogP contribution is -2.21. The van der Waals surface area contributed by atoms with Crippen LogP contribution in [0.4, 0.5) is 0 Å². The highest BCUT2D eigenvalue weighted by Gasteiger charge is 2.05. The molecule has 0 aromatic carbocycles. The zero-order chi connectivity index (χ0) is 12.1. The monoisotopic (exact) mass is 267 g/mol. The van der Waals surface area contributed by atoms with Crippen molar-refractivity contribution >= 4 is 23.3 Å². The Morgan fingerprint density at radius 3 is 2.71 bits per heavy atom. The second-order valence-electron chi connectivity index (χ2n) is 3.56. The van der Waals surface area contributed by atoms with Crippen LogP contribution in [-0.4, -0.2) is 25.4 Å². The van der Waals surface area contributed by atoms with Gasteiger partial charge in [0.05, 0.1) is 0 Å². The van der Waals surface area contributed by atoms with E-state index in [-0.39, 0.29) is 6.04 Å². The summed E-state index contributed by atoms with van der Waals surface area (Å²) < 4.78 is 4.77. The first-order chi connectivity index (χ1) is 8.28. The molecule has 0 spiro atoms. The Labute approximate surface area is 108 Å². The molecule has 2 aromatic rings. The van der Waals surface area contributed by atoms with Gasteiger partial charge in [-0.05, 0) is 41.7 Å². The summed E-state index contributed by atoms with van der Waals surface area (Å²) in [6.45, 7) is 2.07. The summed E-state index contributed by atoms with van der Waals surface area (Å²) in [6.07, 6.45) is 6.96. The average molecular weight is 267 g/mol. The van der Waals surface area contributed by atoms with Crippen LogP contribution >= 0.6 is 23.3 Å². The minimum Gasteiger partial charge on any atom is -0.327 e. The Balaban J connectivity index is 1.98. The highest BCUT2D eigenvalue weighted by Crippen LogP contribution is 2.24. The summed E-state index contributed by atoms with van der Waals surface area (Å²) in [5, 5.41) is 0.690. The molecule has 1 atom stereocenters. The second kappa shape index (κ2) is 6.04. The van der Waals surface area contributed by atoms with Crippen molar-refractivity contribution in [3.8, 4) is 0 Å². The lowest BCUT2D eigenvalue weighted by molar-refractivity contribution is 0.641. The van der Waals surface area contributed by atoms with Crippen LogP contribution in [0.2, 0.25) is 0 Å². The molecule has 2 rings (SSSR count). The molecule has 90 valence electrons. The van der Waals surface area contributed by atoms with E-state index in [0.29, 0.717) is 5.16 Å². The lowest BCUT2D eigenvalue weighted by Gasteiger charge is -2.07. The maximum atomic E-state index is 5.88. The third-order valence-corrected chi connectivity index (χ3v) is 3.83. The summed E-state index contributed by atoms with van der Waals surface area (Å²) in [7, 11) is 0. The van der Waals surface area contributed by atoms with Crippen LogP contribution in [0.25, 0.3) is 0 Å². The number of rotatable bonds is 5. The van der Waals surface area contributed by atoms with E-state index in [1.807, 2.05) is 12.4 Å². The molecule has 0 bridgehead atoms. The molecular weight excluding hydrogens is 254 g/mol. The van der Waals surface area contributed by atoms with E-state index >= 15 is 0 Å². The smallest absolute Gasteiger partial charge is 0.194 e. The van der Waals surface area contributed by atoms with Gasteiger partial charge in [0.1, 0.15) is 6.33 Å². The van der Waals surface area contributed by atoms with Crippen molar-refractivity contribution < 1.29 is 0 Å². The molecule has 7 heteroatoms. The summed E-state index contributed by atoms with van der Waals surface area (Å²) in [6, 6.07) is 0.181. The summed E-state index contributed by atoms with van der Waals surface area (Å²) in [5.41, 5.74) is 6.95. The van der Waals surface area contributed by atoms with Crippen LogP contribution in [0.5, 0.6) is 0 Å². The SMILES string of the molecule is CCC(N)Cc1cnc(Sc2ncns2)nc1. The topological polar surface area (TPSA) is 77.6 Å². The fourth-order valence-corrected chi connectivity index (χ4v) is 2.48. The fraction of sp³-hybridized carbons (Fsp3) is 0.400. The van der Waals surface area contributed by atoms with Gasteiger partial charge in [-0.25, -0.2) is 15.0 Å². The van der Waals surface area contributed by atoms with Crippen LogP contribution in [0.3, 0.4) is 0 Å². The molecule has 0 aliphatic rings. The third kappa shape index (κ3) is 3.72. The summed E-state index contributed by atoms with van der Waals surface area (Å²) in [5.74, 6) is 0. The largest absolute Gasteiger partial charge is 0.327 e. The van der Waals surface area contributed by atoms with Crippen LogP contribution in [0.1, 0.15) is 18.9 Å². The van der Waals surface area contributed by atoms with Crippen LogP contribution < -0.4 is 5.73 Å². The van der Waals surface area contributed by atoms with E-state index in [2.05, 4.69) is 26.2 Å². The molecule has 0 aliphatic carbocycles. The number of hydrogen-bond donors (Lipinski definition) is 1. The first-order valence-corrected chi connectivity index (χ1v) is 6.88. The van der Waals surface area contributed by atoms with Gasteiger partial charge < -0.3 is 5.73 Å². The van der Waals surface area contributed by atoms with Crippen molar-refractivity contribution in [2.45, 2.75) is 35.3 Å². The number of nitrogens with zero attached hydrogens (tertiary/aromatic N) is 4. The second-order valence-corrected chi connectivity index (χ2v) is 5.55. The Morgan fingerprint density at radius 2 is 2.12 bits per heavy atom. The molecule has 1 unspecified atom stereocenters. The van der Waals surface area contributed by atoms with E-state index < -0.39 is 0 Å². The lowest BCUT2D eigenvalue weighted by atomic mass is 10.1. The first-order valence-electron chi connectivity index (χ1n) is 5.29. The normalized spacial score (nSPS) is 12.6. The van der Waals surface area contributed by atoms with Crippen molar-refractivity contribution in [3.63, 3.8) is 0 Å². The van der Waals surface area contributed by atoms with E-state index in [1.165, 1.54) is 29.6 Å². The molecule has 2 aromatic heterocycles. The third-order valence-electron chi connectivity index (χ3n) is 2.22. The number of nitrogens with two attached hydrogens (primary N) is 1. The van der Waals surface area contributed by atoms with Gasteiger partial charge in [-0.3, -0.25) is 0 Å². The van der Waals surface area contributed by atoms with E-state index in [9.17, 15) is 0 Å². The molecule has 17 heavy (non-hydrogen) atoms. The van der Waals surface area contributed by atoms with Crippen LogP contribution in [-0.2, 0) is 6.42 Å². The maximum Gasteiger partial charge on any atom is 0.194 e. The van der Waals surface area contributed by atoms with Gasteiger partial charge in [0.25, 0.3) is 0 Å². The highest BCUT2D eigenvalue weighted by atomic mass is 32.2. The molecule has 2 heterocycles. The predicted molar refractivity (Wildman–Crippen MR) is 68.0 cm³/mol. The van der Waals surface area contributed by atoms with Crippen LogP contribution in [0, 0.1) is 0 Å². The Kier molecular flexibility index (Phi) is 4.41. The molecule has 0 aliphatic heterocycles. The van der Waals surface area contributed by atoms with Crippen molar-refractivity contribution in [2.75, 3.05) is 0 Å². The Morgan fingerprint density at radius 1 is 1.35 bits per heavy atom. The standard InChI is InChI=1S/C10H13N5S2/c1-2-8(11)3-7-4-12-9(13-5-7)16-10-14-6-15-17-10/h4-6,8H,2-3,11H2,1H3. The zero-order valence-electron chi connectivity index (χ0n) is 9.41. The van der Waals surface area contributed by atoms with E-state index in [0.717, 1.165) is 22.7 Å². The van der Waals surface area contributed by atoms with Gasteiger partial charge >= 0.3 is 0 Å². The zero-order valence-corrected chi connectivity index (χ0v) is 11.0. The van der Waals surface area contributed by atoms with Gasteiger partial charge in [0.15, 0.2) is 9.50 Å². The minimum absolute atomic E-state index is 0.181. The fourth-order valence-electron chi connectivity index (χ4n) is 1.23. The number of hydrogen-bond acceptors (Lipinski definition) is 7. The van der Waals surface area contributed by atoms with Gasteiger partial charge in [-0.2, -0.15) is 4.37 Å². The summed E-state index contributed by atoms with van der Waals surface area (Å²) in [4.78, 5) is 12.6. The molecule has 0 saturated carbocycles. The van der Waals surface area contributed by atoms with Gasteiger partial charge in [-0.1, -0.05) is 6.92 Å². The van der Waals surface area contributed by atoms with Crippen molar-refractivity contribution in [2.24, 2.45) is 5.73 Å². The van der Waals surface area contributed by atoms with Crippen molar-refractivity contribution in [1.29, 1.82) is 0 Å². The van der Waals surface area contributed by atoms with Crippen LogP contribution in [0.15, 0.2) is 28.2 Å². The highest BCUT2D eigenvalue weighted by molar-refractivity contribution is 8.00. The molecule has 2 N–H and O–H groups in total.